The second-order valence-corrected chi connectivity index (χ2v) is 8.26. The average molecular weight is 433 g/mol. The van der Waals surface area contributed by atoms with Crippen LogP contribution in [0.1, 0.15) is 26.2 Å². The first-order valence-electron chi connectivity index (χ1n) is 11.3. The Hall–Kier alpha value is -2.16. The van der Waals surface area contributed by atoms with Gasteiger partial charge in [-0.2, -0.15) is 0 Å². The molecule has 1 atom stereocenters. The van der Waals surface area contributed by atoms with Gasteiger partial charge in [-0.05, 0) is 63.5 Å². The Kier molecular flexibility index (Phi) is 9.12. The minimum Gasteiger partial charge on any atom is -0.385 e. The van der Waals surface area contributed by atoms with Crippen LogP contribution in [0.3, 0.4) is 0 Å². The third-order valence-electron chi connectivity index (χ3n) is 6.16. The Labute approximate surface area is 185 Å². The molecule has 1 unspecified atom stereocenters. The highest BCUT2D eigenvalue weighted by Gasteiger charge is 2.29. The molecule has 2 aliphatic heterocycles. The number of methoxy groups -OCH3 is 1. The van der Waals surface area contributed by atoms with Crippen molar-refractivity contribution in [3.8, 4) is 0 Å². The van der Waals surface area contributed by atoms with Gasteiger partial charge in [-0.25, -0.2) is 0 Å². The molecular weight excluding hydrogens is 396 g/mol. The molecule has 8 heteroatoms. The van der Waals surface area contributed by atoms with Gasteiger partial charge in [0, 0.05) is 50.6 Å². The lowest BCUT2D eigenvalue weighted by Crippen LogP contribution is -2.48. The molecule has 2 fully saturated rings. The van der Waals surface area contributed by atoms with E-state index in [1.807, 2.05) is 31.2 Å². The van der Waals surface area contributed by atoms with Crippen molar-refractivity contribution in [1.82, 2.24) is 10.2 Å². The number of nitrogens with zero attached hydrogens (tertiary/aromatic N) is 2. The number of rotatable bonds is 9. The first kappa shape index (κ1) is 23.5. The summed E-state index contributed by atoms with van der Waals surface area (Å²) in [4.78, 5) is 29.5. The van der Waals surface area contributed by atoms with E-state index in [4.69, 9.17) is 9.47 Å². The predicted octanol–water partition coefficient (Wildman–Crippen LogP) is 1.71. The normalized spacial score (nSPS) is 19.1. The van der Waals surface area contributed by atoms with Gasteiger partial charge in [0.05, 0.1) is 19.3 Å². The third kappa shape index (κ3) is 6.92. The maximum absolute atomic E-state index is 12.7. The Morgan fingerprint density at radius 2 is 1.81 bits per heavy atom. The van der Waals surface area contributed by atoms with Gasteiger partial charge >= 0.3 is 0 Å². The van der Waals surface area contributed by atoms with Gasteiger partial charge in [0.1, 0.15) is 0 Å². The number of carbonyl (C=O) groups excluding carboxylic acids is 2. The van der Waals surface area contributed by atoms with Crippen LogP contribution in [-0.4, -0.2) is 82.4 Å². The van der Waals surface area contributed by atoms with Gasteiger partial charge in [-0.15, -0.1) is 0 Å². The number of anilines is 2. The predicted molar refractivity (Wildman–Crippen MR) is 121 cm³/mol. The van der Waals surface area contributed by atoms with E-state index in [9.17, 15) is 9.59 Å². The van der Waals surface area contributed by atoms with Crippen molar-refractivity contribution in [3.05, 3.63) is 24.3 Å². The number of amides is 2. The second-order valence-electron chi connectivity index (χ2n) is 8.26. The molecule has 3 rings (SSSR count). The number of hydrogen-bond acceptors (Lipinski definition) is 6. The minimum absolute atomic E-state index is 0.0124. The molecule has 0 aliphatic carbocycles. The smallest absolute Gasteiger partial charge is 0.241 e. The number of piperidine rings is 1. The number of likely N-dealkylation sites (tertiary alicyclic amines) is 1. The largest absolute Gasteiger partial charge is 0.385 e. The van der Waals surface area contributed by atoms with Gasteiger partial charge in [0.25, 0.3) is 0 Å². The maximum Gasteiger partial charge on any atom is 0.241 e. The molecule has 0 bridgehead atoms. The molecule has 0 aromatic heterocycles. The molecule has 0 spiro atoms. The molecule has 31 heavy (non-hydrogen) atoms. The summed E-state index contributed by atoms with van der Waals surface area (Å²) < 4.78 is 10.4. The summed E-state index contributed by atoms with van der Waals surface area (Å²) in [6.07, 6.45) is 2.38. The molecule has 0 radical (unpaired) electrons. The Morgan fingerprint density at radius 1 is 1.13 bits per heavy atom. The number of carbonyl (C=O) groups is 2. The molecule has 2 saturated heterocycles. The van der Waals surface area contributed by atoms with Crippen LogP contribution >= 0.6 is 0 Å². The molecule has 2 heterocycles. The number of nitrogens with one attached hydrogen (secondary N) is 2. The number of hydrogen-bond donors (Lipinski definition) is 2. The lowest BCUT2D eigenvalue weighted by Gasteiger charge is -2.34. The molecule has 2 aliphatic rings. The summed E-state index contributed by atoms with van der Waals surface area (Å²) in [7, 11) is 1.66. The van der Waals surface area contributed by atoms with Gasteiger partial charge in [-0.1, -0.05) is 0 Å². The standard InChI is InChI=1S/C23H36N4O4/c1-18(26-11-8-19(9-12-26)23(29)24-10-3-15-30-2)22(28)25-20-4-6-21(7-5-20)27-13-16-31-17-14-27/h4-7,18-19H,3,8-17H2,1-2H3,(H,24,29)(H,25,28). The molecule has 0 saturated carbocycles. The lowest BCUT2D eigenvalue weighted by atomic mass is 9.95. The fraction of sp³-hybridized carbons (Fsp3) is 0.652. The van der Waals surface area contributed by atoms with E-state index in [1.54, 1.807) is 7.11 Å². The highest BCUT2D eigenvalue weighted by atomic mass is 16.5. The van der Waals surface area contributed by atoms with Gasteiger partial charge in [0.15, 0.2) is 0 Å². The topological polar surface area (TPSA) is 83.1 Å². The van der Waals surface area contributed by atoms with Crippen LogP contribution in [0.5, 0.6) is 0 Å². The molecule has 172 valence electrons. The SMILES string of the molecule is COCCCNC(=O)C1CCN(C(C)C(=O)Nc2ccc(N3CCOCC3)cc2)CC1. The van der Waals surface area contributed by atoms with Crippen molar-refractivity contribution in [1.29, 1.82) is 0 Å². The highest BCUT2D eigenvalue weighted by Crippen LogP contribution is 2.22. The summed E-state index contributed by atoms with van der Waals surface area (Å²) in [5.41, 5.74) is 1.95. The molecule has 8 nitrogen and oxygen atoms in total. The van der Waals surface area contributed by atoms with E-state index >= 15 is 0 Å². The van der Waals surface area contributed by atoms with Crippen molar-refractivity contribution in [2.75, 3.05) is 69.9 Å². The van der Waals surface area contributed by atoms with Gasteiger partial charge in [-0.3, -0.25) is 14.5 Å². The Morgan fingerprint density at radius 3 is 2.45 bits per heavy atom. The van der Waals surface area contributed by atoms with E-state index in [1.165, 1.54) is 0 Å². The Bertz CT molecular complexity index is 698. The van der Waals surface area contributed by atoms with Crippen molar-refractivity contribution < 1.29 is 19.1 Å². The van der Waals surface area contributed by atoms with E-state index in [0.717, 1.165) is 70.0 Å². The molecule has 1 aromatic rings. The summed E-state index contributed by atoms with van der Waals surface area (Å²) in [5.74, 6) is 0.136. The zero-order chi connectivity index (χ0) is 22.1. The quantitative estimate of drug-likeness (QED) is 0.578. The van der Waals surface area contributed by atoms with Crippen LogP contribution in [0.25, 0.3) is 0 Å². The molecule has 1 aromatic carbocycles. The zero-order valence-electron chi connectivity index (χ0n) is 18.8. The van der Waals surface area contributed by atoms with Crippen LogP contribution in [-0.2, 0) is 19.1 Å². The summed E-state index contributed by atoms with van der Waals surface area (Å²) in [6.45, 7) is 8.03. The van der Waals surface area contributed by atoms with E-state index < -0.39 is 0 Å². The van der Waals surface area contributed by atoms with Crippen molar-refractivity contribution in [2.24, 2.45) is 5.92 Å². The number of ether oxygens (including phenoxy) is 2. The van der Waals surface area contributed by atoms with Crippen molar-refractivity contribution >= 4 is 23.2 Å². The molecule has 2 amide bonds. The van der Waals surface area contributed by atoms with E-state index in [0.29, 0.717) is 13.2 Å². The first-order valence-corrected chi connectivity index (χ1v) is 11.3. The molecular formula is C23H36N4O4. The summed E-state index contributed by atoms with van der Waals surface area (Å²) >= 11 is 0. The number of benzene rings is 1. The monoisotopic (exact) mass is 432 g/mol. The first-order chi connectivity index (χ1) is 15.1. The third-order valence-corrected chi connectivity index (χ3v) is 6.16. The van der Waals surface area contributed by atoms with E-state index in [-0.39, 0.29) is 23.8 Å². The number of morpholine rings is 1. The Balaban J connectivity index is 1.41. The zero-order valence-corrected chi connectivity index (χ0v) is 18.8. The second kappa shape index (κ2) is 12.0. The van der Waals surface area contributed by atoms with Crippen LogP contribution in [0, 0.1) is 5.92 Å². The highest BCUT2D eigenvalue weighted by molar-refractivity contribution is 5.94. The van der Waals surface area contributed by atoms with Crippen LogP contribution in [0.2, 0.25) is 0 Å². The fourth-order valence-corrected chi connectivity index (χ4v) is 4.11. The van der Waals surface area contributed by atoms with Gasteiger partial charge in [0.2, 0.25) is 11.8 Å². The fourth-order valence-electron chi connectivity index (χ4n) is 4.11. The molecule has 2 N–H and O–H groups in total. The van der Waals surface area contributed by atoms with Crippen molar-refractivity contribution in [3.63, 3.8) is 0 Å². The van der Waals surface area contributed by atoms with Crippen molar-refractivity contribution in [2.45, 2.75) is 32.2 Å². The van der Waals surface area contributed by atoms with Crippen LogP contribution in [0.4, 0.5) is 11.4 Å². The van der Waals surface area contributed by atoms with Gasteiger partial charge < -0.3 is 25.0 Å². The summed E-state index contributed by atoms with van der Waals surface area (Å²) in [5, 5.41) is 6.02. The average Bonchev–Trinajstić information content (AvgIpc) is 2.82. The van der Waals surface area contributed by atoms with Crippen LogP contribution < -0.4 is 15.5 Å². The van der Waals surface area contributed by atoms with E-state index in [2.05, 4.69) is 20.4 Å². The minimum atomic E-state index is -0.232. The van der Waals surface area contributed by atoms with Crippen LogP contribution in [0.15, 0.2) is 24.3 Å². The summed E-state index contributed by atoms with van der Waals surface area (Å²) in [6, 6.07) is 7.76. The maximum atomic E-state index is 12.7. The lowest BCUT2D eigenvalue weighted by molar-refractivity contribution is -0.127.